The van der Waals surface area contributed by atoms with Crippen molar-refractivity contribution in [1.29, 1.82) is 0 Å². The van der Waals surface area contributed by atoms with E-state index in [0.29, 0.717) is 57.6 Å². The van der Waals surface area contributed by atoms with Crippen molar-refractivity contribution in [3.63, 3.8) is 0 Å². The number of likely N-dealkylation sites (tertiary alicyclic amines) is 1. The quantitative estimate of drug-likeness (QED) is 0.355. The number of carbonyl (C=O) groups is 1. The zero-order chi connectivity index (χ0) is 32.9. The van der Waals surface area contributed by atoms with E-state index in [0.717, 1.165) is 12.8 Å². The van der Waals surface area contributed by atoms with Gasteiger partial charge in [-0.1, -0.05) is 12.1 Å². The van der Waals surface area contributed by atoms with Gasteiger partial charge in [-0.25, -0.2) is 9.97 Å². The van der Waals surface area contributed by atoms with E-state index in [1.807, 2.05) is 0 Å². The van der Waals surface area contributed by atoms with Crippen LogP contribution in [-0.4, -0.2) is 91.4 Å². The minimum absolute atomic E-state index is 0.0701. The fraction of sp³-hybridized carbons (Fsp3) is 0.633. The van der Waals surface area contributed by atoms with Crippen LogP contribution in [0.25, 0.3) is 0 Å². The molecule has 0 spiro atoms. The summed E-state index contributed by atoms with van der Waals surface area (Å²) >= 11 is 0. The molecule has 2 aromatic rings. The van der Waals surface area contributed by atoms with Crippen LogP contribution in [0, 0.1) is 0 Å². The van der Waals surface area contributed by atoms with Crippen LogP contribution >= 0.6 is 0 Å². The van der Waals surface area contributed by atoms with Crippen molar-refractivity contribution in [2.75, 3.05) is 45.3 Å². The van der Waals surface area contributed by atoms with Crippen LogP contribution in [0.4, 0.5) is 32.2 Å². The van der Waals surface area contributed by atoms with Crippen LogP contribution in [0.2, 0.25) is 0 Å². The largest absolute Gasteiger partial charge is 0.573 e. The molecular weight excluding hydrogens is 624 g/mol. The number of carbonyl (C=O) groups excluding carboxylic acids is 1. The average Bonchev–Trinajstić information content (AvgIpc) is 3.03. The van der Waals surface area contributed by atoms with Gasteiger partial charge in [0.2, 0.25) is 5.82 Å². The number of rotatable bonds is 9. The molecule has 1 amide bonds. The Bertz CT molecular complexity index is 1310. The molecule has 3 fully saturated rings. The highest BCUT2D eigenvalue weighted by Crippen LogP contribution is 2.33. The van der Waals surface area contributed by atoms with E-state index in [1.54, 1.807) is 7.11 Å². The number of nitrogens with one attached hydrogen (secondary N) is 2. The summed E-state index contributed by atoms with van der Waals surface area (Å²) in [6.45, 7) is 1.94. The maximum absolute atomic E-state index is 13.7. The molecule has 2 N–H and O–H groups in total. The third-order valence-corrected chi connectivity index (χ3v) is 8.38. The number of aromatic nitrogens is 2. The molecule has 0 aliphatic carbocycles. The van der Waals surface area contributed by atoms with Crippen LogP contribution in [0.15, 0.2) is 30.3 Å². The molecule has 3 saturated heterocycles. The first-order valence-corrected chi connectivity index (χ1v) is 15.2. The molecule has 46 heavy (non-hydrogen) atoms. The Morgan fingerprint density at radius 2 is 1.76 bits per heavy atom. The number of piperidine rings is 1. The summed E-state index contributed by atoms with van der Waals surface area (Å²) in [7, 11) is 1.64. The molecule has 10 nitrogen and oxygen atoms in total. The van der Waals surface area contributed by atoms with Gasteiger partial charge < -0.3 is 34.5 Å². The number of methoxy groups -OCH3 is 1. The second kappa shape index (κ2) is 14.7. The van der Waals surface area contributed by atoms with Gasteiger partial charge in [0, 0.05) is 51.5 Å². The van der Waals surface area contributed by atoms with Crippen molar-refractivity contribution in [2.45, 2.75) is 81.5 Å². The Labute approximate surface area is 262 Å². The lowest BCUT2D eigenvalue weighted by atomic mass is 9.98. The van der Waals surface area contributed by atoms with E-state index in [4.69, 9.17) is 14.2 Å². The molecule has 5 rings (SSSR count). The summed E-state index contributed by atoms with van der Waals surface area (Å²) in [4.78, 5) is 22.0. The van der Waals surface area contributed by atoms with Crippen molar-refractivity contribution in [3.05, 3.63) is 47.4 Å². The average molecular weight is 662 g/mol. The predicted molar refractivity (Wildman–Crippen MR) is 152 cm³/mol. The number of anilines is 1. The van der Waals surface area contributed by atoms with Crippen molar-refractivity contribution < 1.29 is 50.1 Å². The van der Waals surface area contributed by atoms with E-state index in [1.165, 1.54) is 35.2 Å². The number of halogens is 6. The molecule has 2 unspecified atom stereocenters. The smallest absolute Gasteiger partial charge is 0.406 e. The van der Waals surface area contributed by atoms with Crippen LogP contribution in [0.5, 0.6) is 5.75 Å². The van der Waals surface area contributed by atoms with E-state index >= 15 is 0 Å². The summed E-state index contributed by atoms with van der Waals surface area (Å²) in [6, 6.07) is 6.84. The van der Waals surface area contributed by atoms with Crippen LogP contribution in [0.3, 0.4) is 0 Å². The van der Waals surface area contributed by atoms with E-state index in [9.17, 15) is 31.1 Å². The van der Waals surface area contributed by atoms with Gasteiger partial charge in [0.05, 0.1) is 24.9 Å². The SMILES string of the molecule is COC1COCCC1NC1CCN(C(=O)c2cc(NC[C@H]3CCC[C@@H](c4ccc(OC(F)(F)F)cc4)O3)nc(C(F)(F)F)n2)CC1. The van der Waals surface area contributed by atoms with Crippen molar-refractivity contribution in [3.8, 4) is 5.75 Å². The van der Waals surface area contributed by atoms with Crippen molar-refractivity contribution in [2.24, 2.45) is 0 Å². The van der Waals surface area contributed by atoms with Crippen molar-refractivity contribution in [1.82, 2.24) is 20.2 Å². The second-order valence-electron chi connectivity index (χ2n) is 11.6. The summed E-state index contributed by atoms with van der Waals surface area (Å²) < 4.78 is 99.6. The number of alkyl halides is 6. The zero-order valence-electron chi connectivity index (χ0n) is 25.2. The minimum atomic E-state index is -4.88. The van der Waals surface area contributed by atoms with Gasteiger partial charge >= 0.3 is 12.5 Å². The van der Waals surface area contributed by atoms with Gasteiger partial charge in [0.25, 0.3) is 5.91 Å². The Hall–Kier alpha value is -3.21. The van der Waals surface area contributed by atoms with Crippen LogP contribution in [0.1, 0.15) is 66.5 Å². The molecule has 3 aliphatic rings. The Balaban J connectivity index is 1.19. The molecule has 254 valence electrons. The Morgan fingerprint density at radius 3 is 2.43 bits per heavy atom. The highest BCUT2D eigenvalue weighted by Gasteiger charge is 2.37. The molecule has 1 aromatic heterocycles. The lowest BCUT2D eigenvalue weighted by Gasteiger charge is -2.38. The maximum Gasteiger partial charge on any atom is 0.573 e. The van der Waals surface area contributed by atoms with Gasteiger partial charge in [-0.2, -0.15) is 13.2 Å². The summed E-state index contributed by atoms with van der Waals surface area (Å²) in [6.07, 6.45) is -6.59. The highest BCUT2D eigenvalue weighted by molar-refractivity contribution is 5.93. The monoisotopic (exact) mass is 661 g/mol. The summed E-state index contributed by atoms with van der Waals surface area (Å²) in [5.74, 6) is -2.55. The fourth-order valence-corrected chi connectivity index (χ4v) is 6.02. The first-order valence-electron chi connectivity index (χ1n) is 15.2. The van der Waals surface area contributed by atoms with Gasteiger partial charge in [-0.15, -0.1) is 13.2 Å². The Morgan fingerprint density at radius 1 is 1.02 bits per heavy atom. The Kier molecular flexibility index (Phi) is 10.9. The van der Waals surface area contributed by atoms with E-state index < -0.39 is 36.5 Å². The first kappa shape index (κ1) is 34.1. The first-order chi connectivity index (χ1) is 21.9. The molecule has 16 heteroatoms. The predicted octanol–water partition coefficient (Wildman–Crippen LogP) is 5.11. The molecule has 1 aromatic carbocycles. The normalized spacial score (nSPS) is 24.9. The molecule has 3 aliphatic heterocycles. The number of amides is 1. The molecule has 0 radical (unpaired) electrons. The number of benzene rings is 1. The molecule has 4 heterocycles. The molecule has 0 saturated carbocycles. The molecular formula is C30H37F6N5O5. The van der Waals surface area contributed by atoms with Gasteiger partial charge in [0.15, 0.2) is 0 Å². The van der Waals surface area contributed by atoms with Gasteiger partial charge in [0.1, 0.15) is 17.3 Å². The molecule has 4 atom stereocenters. The summed E-state index contributed by atoms with van der Waals surface area (Å²) in [5, 5.41) is 6.45. The maximum atomic E-state index is 13.7. The van der Waals surface area contributed by atoms with Crippen LogP contribution < -0.4 is 15.4 Å². The third-order valence-electron chi connectivity index (χ3n) is 8.38. The highest BCUT2D eigenvalue weighted by atomic mass is 19.4. The number of hydrogen-bond donors (Lipinski definition) is 2. The van der Waals surface area contributed by atoms with E-state index in [-0.39, 0.29) is 42.0 Å². The van der Waals surface area contributed by atoms with Gasteiger partial charge in [-0.05, 0) is 56.2 Å². The second-order valence-corrected chi connectivity index (χ2v) is 11.6. The lowest BCUT2D eigenvalue weighted by Crippen LogP contribution is -2.54. The fourth-order valence-electron chi connectivity index (χ4n) is 6.02. The standard InChI is InChI=1S/C30H37F6N5O5/c1-43-25-17-44-14-11-22(25)38-19-9-12-41(13-10-19)27(42)23-15-26(40-28(39-23)29(31,32)33)37-16-21-3-2-4-24(45-21)18-5-7-20(8-6-18)46-30(34,35)36/h5-8,15,19,21-22,24-25,38H,2-4,9-14,16-17H2,1H3,(H,37,39,40)/t21-,22?,24+,25?/m1/s1. The topological polar surface area (TPSA) is 107 Å². The number of hydrogen-bond acceptors (Lipinski definition) is 9. The zero-order valence-corrected chi connectivity index (χ0v) is 25.2. The number of ether oxygens (including phenoxy) is 4. The van der Waals surface area contributed by atoms with Crippen LogP contribution in [-0.2, 0) is 20.4 Å². The lowest BCUT2D eigenvalue weighted by molar-refractivity contribution is -0.274. The number of nitrogens with zero attached hydrogens (tertiary/aromatic N) is 3. The minimum Gasteiger partial charge on any atom is -0.406 e. The van der Waals surface area contributed by atoms with E-state index in [2.05, 4.69) is 25.3 Å². The third kappa shape index (κ3) is 9.20. The summed E-state index contributed by atoms with van der Waals surface area (Å²) in [5.41, 5.74) is 0.294. The molecule has 0 bridgehead atoms. The van der Waals surface area contributed by atoms with Crippen molar-refractivity contribution >= 4 is 11.7 Å². The van der Waals surface area contributed by atoms with Gasteiger partial charge in [-0.3, -0.25) is 4.79 Å².